The zero-order chi connectivity index (χ0) is 13.0. The minimum absolute atomic E-state index is 0.147. The highest BCUT2D eigenvalue weighted by Crippen LogP contribution is 2.21. The van der Waals surface area contributed by atoms with Crippen LogP contribution in [0.1, 0.15) is 18.4 Å². The first-order valence-corrected chi connectivity index (χ1v) is 5.91. The van der Waals surface area contributed by atoms with E-state index < -0.39 is 0 Å². The van der Waals surface area contributed by atoms with Gasteiger partial charge in [-0.25, -0.2) is 9.97 Å². The van der Waals surface area contributed by atoms with Crippen molar-refractivity contribution in [2.45, 2.75) is 20.5 Å². The molecule has 0 aliphatic heterocycles. The number of nitrogens with zero attached hydrogens (tertiary/aromatic N) is 2. The largest absolute Gasteiger partial charge is 0.494 e. The standard InChI is InChI=1S/C14H16N2O2/c1-3-18-12-6-4-11(5-7-12)13-8-10(2)15-14(9-17)16-13/h4-8,17H,3,9H2,1-2H3. The van der Waals surface area contributed by atoms with Crippen LogP contribution in [0.25, 0.3) is 11.3 Å². The van der Waals surface area contributed by atoms with Crippen molar-refractivity contribution in [3.8, 4) is 17.0 Å². The van der Waals surface area contributed by atoms with Crippen molar-refractivity contribution in [3.63, 3.8) is 0 Å². The minimum atomic E-state index is -0.147. The van der Waals surface area contributed by atoms with Gasteiger partial charge in [0.25, 0.3) is 0 Å². The third-order valence-corrected chi connectivity index (χ3v) is 2.50. The maximum Gasteiger partial charge on any atom is 0.154 e. The van der Waals surface area contributed by atoms with Gasteiger partial charge < -0.3 is 9.84 Å². The summed E-state index contributed by atoms with van der Waals surface area (Å²) in [6.45, 7) is 4.35. The first kappa shape index (κ1) is 12.5. The molecule has 2 rings (SSSR count). The van der Waals surface area contributed by atoms with Gasteiger partial charge in [-0.3, -0.25) is 0 Å². The minimum Gasteiger partial charge on any atom is -0.494 e. The van der Waals surface area contributed by atoms with Gasteiger partial charge in [-0.2, -0.15) is 0 Å². The van der Waals surface area contributed by atoms with E-state index in [2.05, 4.69) is 9.97 Å². The average molecular weight is 244 g/mol. The fraction of sp³-hybridized carbons (Fsp3) is 0.286. The molecule has 0 unspecified atom stereocenters. The fourth-order valence-corrected chi connectivity index (χ4v) is 1.74. The van der Waals surface area contributed by atoms with Gasteiger partial charge in [0, 0.05) is 11.3 Å². The zero-order valence-electron chi connectivity index (χ0n) is 10.6. The number of aliphatic hydroxyl groups is 1. The van der Waals surface area contributed by atoms with Gasteiger partial charge in [-0.15, -0.1) is 0 Å². The molecule has 0 spiro atoms. The molecule has 1 aromatic heterocycles. The van der Waals surface area contributed by atoms with E-state index >= 15 is 0 Å². The van der Waals surface area contributed by atoms with Crippen LogP contribution in [-0.2, 0) is 6.61 Å². The van der Waals surface area contributed by atoms with Gasteiger partial charge in [0.1, 0.15) is 12.4 Å². The Morgan fingerprint density at radius 1 is 1.17 bits per heavy atom. The number of benzene rings is 1. The lowest BCUT2D eigenvalue weighted by Gasteiger charge is -2.06. The number of aromatic nitrogens is 2. The summed E-state index contributed by atoms with van der Waals surface area (Å²) in [5.74, 6) is 1.29. The van der Waals surface area contributed by atoms with E-state index in [0.29, 0.717) is 12.4 Å². The van der Waals surface area contributed by atoms with Crippen LogP contribution in [0.15, 0.2) is 30.3 Å². The average Bonchev–Trinajstić information content (AvgIpc) is 2.39. The summed E-state index contributed by atoms with van der Waals surface area (Å²) in [5, 5.41) is 9.10. The molecule has 0 aliphatic carbocycles. The predicted octanol–water partition coefficient (Wildman–Crippen LogP) is 2.34. The highest BCUT2D eigenvalue weighted by Gasteiger charge is 2.04. The number of hydrogen-bond acceptors (Lipinski definition) is 4. The van der Waals surface area contributed by atoms with Crippen LogP contribution in [0.2, 0.25) is 0 Å². The molecule has 0 fully saturated rings. The molecule has 0 saturated carbocycles. The Morgan fingerprint density at radius 3 is 2.50 bits per heavy atom. The van der Waals surface area contributed by atoms with E-state index in [9.17, 15) is 0 Å². The Balaban J connectivity index is 2.33. The van der Waals surface area contributed by atoms with E-state index in [0.717, 1.165) is 22.7 Å². The Labute approximate surface area is 106 Å². The van der Waals surface area contributed by atoms with Gasteiger partial charge in [0.15, 0.2) is 5.82 Å². The molecule has 4 heteroatoms. The molecule has 0 saturated heterocycles. The van der Waals surface area contributed by atoms with Crippen molar-refractivity contribution >= 4 is 0 Å². The second kappa shape index (κ2) is 5.60. The van der Waals surface area contributed by atoms with Gasteiger partial charge >= 0.3 is 0 Å². The third kappa shape index (κ3) is 2.84. The summed E-state index contributed by atoms with van der Waals surface area (Å²) >= 11 is 0. The first-order valence-electron chi connectivity index (χ1n) is 5.91. The van der Waals surface area contributed by atoms with Crippen molar-refractivity contribution in [1.29, 1.82) is 0 Å². The molecule has 0 atom stereocenters. The van der Waals surface area contributed by atoms with Crippen LogP contribution in [0.4, 0.5) is 0 Å². The van der Waals surface area contributed by atoms with Crippen molar-refractivity contribution in [2.75, 3.05) is 6.61 Å². The molecule has 2 aromatic rings. The van der Waals surface area contributed by atoms with E-state index in [1.165, 1.54) is 0 Å². The van der Waals surface area contributed by atoms with Crippen molar-refractivity contribution in [3.05, 3.63) is 41.9 Å². The Morgan fingerprint density at radius 2 is 1.89 bits per heavy atom. The summed E-state index contributed by atoms with van der Waals surface area (Å²) in [6, 6.07) is 9.63. The quantitative estimate of drug-likeness (QED) is 0.897. The van der Waals surface area contributed by atoms with E-state index in [1.807, 2.05) is 44.2 Å². The normalized spacial score (nSPS) is 10.4. The van der Waals surface area contributed by atoms with Crippen LogP contribution in [-0.4, -0.2) is 21.7 Å². The van der Waals surface area contributed by atoms with Gasteiger partial charge in [-0.1, -0.05) is 0 Å². The molecule has 0 amide bonds. The lowest BCUT2D eigenvalue weighted by atomic mass is 10.1. The molecule has 0 aliphatic rings. The monoisotopic (exact) mass is 244 g/mol. The SMILES string of the molecule is CCOc1ccc(-c2cc(C)nc(CO)n2)cc1. The molecule has 1 aromatic carbocycles. The highest BCUT2D eigenvalue weighted by molar-refractivity contribution is 5.60. The molecule has 18 heavy (non-hydrogen) atoms. The van der Waals surface area contributed by atoms with Gasteiger partial charge in [-0.05, 0) is 44.2 Å². The summed E-state index contributed by atoms with van der Waals surface area (Å²) in [4.78, 5) is 8.44. The van der Waals surface area contributed by atoms with Crippen LogP contribution < -0.4 is 4.74 Å². The summed E-state index contributed by atoms with van der Waals surface area (Å²) in [7, 11) is 0. The maximum atomic E-state index is 9.10. The molecular formula is C14H16N2O2. The maximum absolute atomic E-state index is 9.10. The Kier molecular flexibility index (Phi) is 3.89. The molecule has 0 bridgehead atoms. The molecule has 1 N–H and O–H groups in total. The molecule has 4 nitrogen and oxygen atoms in total. The lowest BCUT2D eigenvalue weighted by Crippen LogP contribution is -1.98. The number of hydrogen-bond donors (Lipinski definition) is 1. The fourth-order valence-electron chi connectivity index (χ4n) is 1.74. The number of rotatable bonds is 4. The number of aliphatic hydroxyl groups excluding tert-OH is 1. The lowest BCUT2D eigenvalue weighted by molar-refractivity contribution is 0.271. The Hall–Kier alpha value is -1.94. The van der Waals surface area contributed by atoms with Crippen molar-refractivity contribution < 1.29 is 9.84 Å². The van der Waals surface area contributed by atoms with Crippen LogP contribution in [0, 0.1) is 6.92 Å². The predicted molar refractivity (Wildman–Crippen MR) is 69.3 cm³/mol. The van der Waals surface area contributed by atoms with Crippen molar-refractivity contribution in [1.82, 2.24) is 9.97 Å². The number of aryl methyl sites for hydroxylation is 1. The van der Waals surface area contributed by atoms with Gasteiger partial charge in [0.2, 0.25) is 0 Å². The van der Waals surface area contributed by atoms with E-state index in [4.69, 9.17) is 9.84 Å². The second-order valence-electron chi connectivity index (χ2n) is 3.93. The van der Waals surface area contributed by atoms with E-state index in [1.54, 1.807) is 0 Å². The van der Waals surface area contributed by atoms with E-state index in [-0.39, 0.29) is 6.61 Å². The zero-order valence-corrected chi connectivity index (χ0v) is 10.6. The first-order chi connectivity index (χ1) is 8.72. The van der Waals surface area contributed by atoms with Gasteiger partial charge in [0.05, 0.1) is 12.3 Å². The topological polar surface area (TPSA) is 55.2 Å². The molecule has 94 valence electrons. The highest BCUT2D eigenvalue weighted by atomic mass is 16.5. The van der Waals surface area contributed by atoms with Crippen LogP contribution in [0.5, 0.6) is 5.75 Å². The Bertz CT molecular complexity index is 524. The molecule has 0 radical (unpaired) electrons. The summed E-state index contributed by atoms with van der Waals surface area (Å²) in [5.41, 5.74) is 2.64. The second-order valence-corrected chi connectivity index (χ2v) is 3.93. The summed E-state index contributed by atoms with van der Waals surface area (Å²) < 4.78 is 5.39. The van der Waals surface area contributed by atoms with Crippen LogP contribution >= 0.6 is 0 Å². The number of ether oxygens (including phenoxy) is 1. The molecular weight excluding hydrogens is 228 g/mol. The van der Waals surface area contributed by atoms with Crippen LogP contribution in [0.3, 0.4) is 0 Å². The van der Waals surface area contributed by atoms with Crippen molar-refractivity contribution in [2.24, 2.45) is 0 Å². The third-order valence-electron chi connectivity index (χ3n) is 2.50. The smallest absolute Gasteiger partial charge is 0.154 e. The summed E-state index contributed by atoms with van der Waals surface area (Å²) in [6.07, 6.45) is 0. The molecule has 1 heterocycles.